The van der Waals surface area contributed by atoms with Crippen LogP contribution in [0.4, 0.5) is 4.79 Å². The van der Waals surface area contributed by atoms with E-state index in [0.29, 0.717) is 0 Å². The molecule has 2 rings (SSSR count). The summed E-state index contributed by atoms with van der Waals surface area (Å²) in [6, 6.07) is 0.144. The van der Waals surface area contributed by atoms with E-state index in [9.17, 15) is 4.79 Å². The molecule has 0 atom stereocenters. The van der Waals surface area contributed by atoms with Gasteiger partial charge in [-0.3, -0.25) is 0 Å². The average Bonchev–Trinajstić information content (AvgIpc) is 3.23. The highest BCUT2D eigenvalue weighted by Gasteiger charge is 2.26. The first-order valence-corrected chi connectivity index (χ1v) is 8.00. The van der Waals surface area contributed by atoms with Crippen LogP contribution in [0.5, 0.6) is 0 Å². The summed E-state index contributed by atoms with van der Waals surface area (Å²) in [5, 5.41) is 3.09. The molecule has 0 aromatic heterocycles. The minimum atomic E-state index is 0.144. The summed E-state index contributed by atoms with van der Waals surface area (Å²) in [4.78, 5) is 14.1. The summed E-state index contributed by atoms with van der Waals surface area (Å²) in [5.74, 6) is 0.776. The Morgan fingerprint density at radius 1 is 1.42 bits per heavy atom. The van der Waals surface area contributed by atoms with Crippen LogP contribution < -0.4 is 5.32 Å². The first kappa shape index (κ1) is 14.4. The third kappa shape index (κ3) is 5.25. The molecule has 1 saturated carbocycles. The Bertz CT molecular complexity index is 321. The fourth-order valence-corrected chi connectivity index (χ4v) is 2.73. The molecule has 1 fully saturated rings. The third-order valence-electron chi connectivity index (χ3n) is 4.06. The Labute approximate surface area is 117 Å². The van der Waals surface area contributed by atoms with Gasteiger partial charge in [-0.15, -0.1) is 0 Å². The molecule has 3 heteroatoms. The number of allylic oxidation sites excluding steroid dienone is 1. The van der Waals surface area contributed by atoms with Crippen LogP contribution in [0.3, 0.4) is 0 Å². The lowest BCUT2D eigenvalue weighted by atomic mass is 9.97. The number of amides is 2. The summed E-state index contributed by atoms with van der Waals surface area (Å²) in [5.41, 5.74) is 1.54. The highest BCUT2D eigenvalue weighted by atomic mass is 16.2. The van der Waals surface area contributed by atoms with Gasteiger partial charge in [0, 0.05) is 19.6 Å². The maximum absolute atomic E-state index is 12.1. The largest absolute Gasteiger partial charge is 0.338 e. The van der Waals surface area contributed by atoms with Gasteiger partial charge in [0.25, 0.3) is 0 Å². The zero-order valence-electron chi connectivity index (χ0n) is 12.3. The number of nitrogens with zero attached hydrogens (tertiary/aromatic N) is 1. The first-order valence-electron chi connectivity index (χ1n) is 8.00. The minimum absolute atomic E-state index is 0.144. The van der Waals surface area contributed by atoms with Gasteiger partial charge in [-0.1, -0.05) is 18.6 Å². The second kappa shape index (κ2) is 7.56. The molecule has 0 aliphatic heterocycles. The first-order chi connectivity index (χ1) is 9.29. The molecule has 2 aliphatic rings. The molecule has 2 amide bonds. The average molecular weight is 264 g/mol. The lowest BCUT2D eigenvalue weighted by Gasteiger charge is -2.23. The van der Waals surface area contributed by atoms with Crippen LogP contribution in [0.25, 0.3) is 0 Å². The molecular weight excluding hydrogens is 236 g/mol. The highest BCUT2D eigenvalue weighted by molar-refractivity contribution is 5.74. The second-order valence-corrected chi connectivity index (χ2v) is 5.98. The third-order valence-corrected chi connectivity index (χ3v) is 4.06. The van der Waals surface area contributed by atoms with Crippen molar-refractivity contribution >= 4 is 6.03 Å². The SMILES string of the molecule is CCCN(CC1CC1)C(=O)NCCC1=CCCCC1. The predicted octanol–water partition coefficient (Wildman–Crippen LogP) is 3.71. The Morgan fingerprint density at radius 3 is 2.89 bits per heavy atom. The van der Waals surface area contributed by atoms with Crippen molar-refractivity contribution in [2.75, 3.05) is 19.6 Å². The molecule has 3 nitrogen and oxygen atoms in total. The summed E-state index contributed by atoms with van der Waals surface area (Å²) >= 11 is 0. The molecule has 2 aliphatic carbocycles. The normalized spacial score (nSPS) is 18.9. The fraction of sp³-hybridized carbons (Fsp3) is 0.812. The van der Waals surface area contributed by atoms with E-state index in [1.165, 1.54) is 44.1 Å². The Morgan fingerprint density at radius 2 is 2.26 bits per heavy atom. The van der Waals surface area contributed by atoms with Gasteiger partial charge in [0.05, 0.1) is 0 Å². The van der Waals surface area contributed by atoms with Gasteiger partial charge in [-0.05, 0) is 57.3 Å². The van der Waals surface area contributed by atoms with Gasteiger partial charge < -0.3 is 10.2 Å². The standard InChI is InChI=1S/C16H28N2O/c1-2-12-18(13-15-8-9-15)16(19)17-11-10-14-6-4-3-5-7-14/h6,15H,2-5,7-13H2,1H3,(H,17,19). The summed E-state index contributed by atoms with van der Waals surface area (Å²) in [6.45, 7) is 4.79. The van der Waals surface area contributed by atoms with Gasteiger partial charge in [-0.25, -0.2) is 4.79 Å². The van der Waals surface area contributed by atoms with Crippen molar-refractivity contribution in [1.29, 1.82) is 0 Å². The van der Waals surface area contributed by atoms with Gasteiger partial charge in [0.2, 0.25) is 0 Å². The molecule has 0 aromatic rings. The molecule has 0 aromatic carbocycles. The van der Waals surface area contributed by atoms with E-state index in [2.05, 4.69) is 18.3 Å². The zero-order chi connectivity index (χ0) is 13.5. The lowest BCUT2D eigenvalue weighted by molar-refractivity contribution is 0.195. The van der Waals surface area contributed by atoms with Crippen LogP contribution in [-0.4, -0.2) is 30.6 Å². The van der Waals surface area contributed by atoms with E-state index in [4.69, 9.17) is 0 Å². The molecule has 0 radical (unpaired) electrons. The second-order valence-electron chi connectivity index (χ2n) is 5.98. The molecule has 0 saturated heterocycles. The van der Waals surface area contributed by atoms with Crippen LogP contribution >= 0.6 is 0 Å². The van der Waals surface area contributed by atoms with E-state index in [0.717, 1.165) is 38.4 Å². The van der Waals surface area contributed by atoms with Crippen molar-refractivity contribution < 1.29 is 4.79 Å². The molecule has 1 N–H and O–H groups in total. The van der Waals surface area contributed by atoms with Crippen LogP contribution in [0, 0.1) is 5.92 Å². The van der Waals surface area contributed by atoms with Crippen LogP contribution in [0.2, 0.25) is 0 Å². The zero-order valence-corrected chi connectivity index (χ0v) is 12.3. The van der Waals surface area contributed by atoms with Crippen molar-refractivity contribution in [3.8, 4) is 0 Å². The topological polar surface area (TPSA) is 32.3 Å². The number of nitrogens with one attached hydrogen (secondary N) is 1. The smallest absolute Gasteiger partial charge is 0.317 e. The van der Waals surface area contributed by atoms with Crippen LogP contribution in [0.1, 0.15) is 58.3 Å². The molecule has 19 heavy (non-hydrogen) atoms. The number of hydrogen-bond acceptors (Lipinski definition) is 1. The van der Waals surface area contributed by atoms with Crippen LogP contribution in [0.15, 0.2) is 11.6 Å². The molecule has 0 unspecified atom stereocenters. The van der Waals surface area contributed by atoms with Gasteiger partial charge in [-0.2, -0.15) is 0 Å². The summed E-state index contributed by atoms with van der Waals surface area (Å²) < 4.78 is 0. The van der Waals surface area contributed by atoms with Crippen LogP contribution in [-0.2, 0) is 0 Å². The monoisotopic (exact) mass is 264 g/mol. The molecule has 0 heterocycles. The summed E-state index contributed by atoms with van der Waals surface area (Å²) in [7, 11) is 0. The van der Waals surface area contributed by atoms with Crippen molar-refractivity contribution in [3.63, 3.8) is 0 Å². The number of hydrogen-bond donors (Lipinski definition) is 1. The molecular formula is C16H28N2O. The quantitative estimate of drug-likeness (QED) is 0.699. The van der Waals surface area contributed by atoms with Crippen molar-refractivity contribution in [3.05, 3.63) is 11.6 Å². The number of carbonyl (C=O) groups excluding carboxylic acids is 1. The summed E-state index contributed by atoms with van der Waals surface area (Å²) in [6.07, 6.45) is 12.2. The number of urea groups is 1. The maximum atomic E-state index is 12.1. The Kier molecular flexibility index (Phi) is 5.74. The van der Waals surface area contributed by atoms with Gasteiger partial charge in [0.1, 0.15) is 0 Å². The van der Waals surface area contributed by atoms with Gasteiger partial charge >= 0.3 is 6.03 Å². The van der Waals surface area contributed by atoms with Crippen molar-refractivity contribution in [2.45, 2.75) is 58.3 Å². The Hall–Kier alpha value is -0.990. The van der Waals surface area contributed by atoms with Gasteiger partial charge in [0.15, 0.2) is 0 Å². The molecule has 0 spiro atoms. The Balaban J connectivity index is 1.67. The van der Waals surface area contributed by atoms with Crippen molar-refractivity contribution in [1.82, 2.24) is 10.2 Å². The van der Waals surface area contributed by atoms with E-state index in [1.807, 2.05) is 4.90 Å². The highest BCUT2D eigenvalue weighted by Crippen LogP contribution is 2.29. The molecule has 0 bridgehead atoms. The van der Waals surface area contributed by atoms with E-state index >= 15 is 0 Å². The van der Waals surface area contributed by atoms with E-state index < -0.39 is 0 Å². The minimum Gasteiger partial charge on any atom is -0.338 e. The number of carbonyl (C=O) groups is 1. The van der Waals surface area contributed by atoms with Crippen molar-refractivity contribution in [2.24, 2.45) is 5.92 Å². The number of rotatable bonds is 7. The maximum Gasteiger partial charge on any atom is 0.317 e. The van der Waals surface area contributed by atoms with E-state index in [-0.39, 0.29) is 6.03 Å². The molecule has 108 valence electrons. The van der Waals surface area contributed by atoms with E-state index in [1.54, 1.807) is 0 Å². The lowest BCUT2D eigenvalue weighted by Crippen LogP contribution is -2.42. The predicted molar refractivity (Wildman–Crippen MR) is 79.2 cm³/mol. The fourth-order valence-electron chi connectivity index (χ4n) is 2.73.